The maximum Gasteiger partial charge on any atom is 0.317 e. The molecule has 1 saturated heterocycles. The van der Waals surface area contributed by atoms with Crippen LogP contribution in [0.25, 0.3) is 17.0 Å². The second kappa shape index (κ2) is 6.91. The molecule has 1 aliphatic rings. The van der Waals surface area contributed by atoms with Crippen LogP contribution in [0.3, 0.4) is 0 Å². The molecule has 0 radical (unpaired) electrons. The van der Waals surface area contributed by atoms with E-state index >= 15 is 0 Å². The van der Waals surface area contributed by atoms with Crippen LogP contribution in [0.5, 0.6) is 6.01 Å². The predicted octanol–water partition coefficient (Wildman–Crippen LogP) is 1.81. The molecule has 4 heterocycles. The van der Waals surface area contributed by atoms with Crippen molar-refractivity contribution in [3.05, 3.63) is 29.1 Å². The van der Waals surface area contributed by atoms with Crippen LogP contribution in [0.15, 0.2) is 23.5 Å². The molecule has 1 unspecified atom stereocenters. The van der Waals surface area contributed by atoms with Crippen LogP contribution in [0.4, 0.5) is 0 Å². The van der Waals surface area contributed by atoms with Gasteiger partial charge in [0.25, 0.3) is 5.56 Å². The molecule has 0 aromatic carbocycles. The van der Waals surface area contributed by atoms with Crippen LogP contribution in [-0.2, 0) is 4.74 Å². The monoisotopic (exact) mass is 358 g/mol. The molecule has 9 nitrogen and oxygen atoms in total. The number of hydrogen-bond acceptors (Lipinski definition) is 6. The highest BCUT2D eigenvalue weighted by atomic mass is 16.5. The maximum absolute atomic E-state index is 12.9. The van der Waals surface area contributed by atoms with Crippen molar-refractivity contribution >= 4 is 5.65 Å². The Morgan fingerprint density at radius 1 is 1.42 bits per heavy atom. The van der Waals surface area contributed by atoms with Gasteiger partial charge in [-0.3, -0.25) is 9.36 Å². The predicted molar refractivity (Wildman–Crippen MR) is 94.3 cm³/mol. The summed E-state index contributed by atoms with van der Waals surface area (Å²) in [5, 5.41) is 4.54. The molecule has 0 bridgehead atoms. The van der Waals surface area contributed by atoms with Crippen molar-refractivity contribution in [2.75, 3.05) is 13.2 Å². The van der Waals surface area contributed by atoms with Crippen LogP contribution in [0.1, 0.15) is 39.2 Å². The van der Waals surface area contributed by atoms with Crippen molar-refractivity contribution in [3.63, 3.8) is 0 Å². The van der Waals surface area contributed by atoms with E-state index in [0.717, 1.165) is 31.6 Å². The van der Waals surface area contributed by atoms with Crippen molar-refractivity contribution in [2.24, 2.45) is 0 Å². The summed E-state index contributed by atoms with van der Waals surface area (Å²) in [5.41, 5.74) is 1.43. The minimum Gasteiger partial charge on any atom is -0.463 e. The highest BCUT2D eigenvalue weighted by Gasteiger charge is 2.20. The number of ether oxygens (including phenoxy) is 2. The molecule has 9 heteroatoms. The molecule has 0 saturated carbocycles. The lowest BCUT2D eigenvalue weighted by molar-refractivity contribution is 0.0873. The molecule has 0 amide bonds. The van der Waals surface area contributed by atoms with Gasteiger partial charge < -0.3 is 14.5 Å². The summed E-state index contributed by atoms with van der Waals surface area (Å²) in [4.78, 5) is 24.2. The number of hydrogen-bond donors (Lipinski definition) is 1. The Hall–Kier alpha value is -2.68. The molecule has 0 aliphatic carbocycles. The van der Waals surface area contributed by atoms with E-state index in [9.17, 15) is 4.79 Å². The molecule has 1 aliphatic heterocycles. The number of rotatable bonds is 6. The Bertz CT molecular complexity index is 937. The molecule has 4 rings (SSSR count). The fourth-order valence-electron chi connectivity index (χ4n) is 3.21. The molecular weight excluding hydrogens is 336 g/mol. The van der Waals surface area contributed by atoms with Crippen LogP contribution >= 0.6 is 0 Å². The minimum absolute atomic E-state index is 0.0926. The van der Waals surface area contributed by atoms with Crippen LogP contribution in [-0.4, -0.2) is 48.5 Å². The molecule has 1 fully saturated rings. The molecule has 3 aromatic heterocycles. The van der Waals surface area contributed by atoms with Gasteiger partial charge in [0.15, 0.2) is 0 Å². The fraction of sp³-hybridized carbons (Fsp3) is 0.529. The van der Waals surface area contributed by atoms with Crippen LogP contribution < -0.4 is 10.3 Å². The SMILES string of the molecule is CC(C)n1c(OCCC2CCCO2)nn2c(-c3cnc[nH]3)cnc2c1=O. The summed E-state index contributed by atoms with van der Waals surface area (Å²) < 4.78 is 14.6. The lowest BCUT2D eigenvalue weighted by atomic mass is 10.2. The van der Waals surface area contributed by atoms with E-state index in [4.69, 9.17) is 9.47 Å². The van der Waals surface area contributed by atoms with Gasteiger partial charge in [0, 0.05) is 19.1 Å². The van der Waals surface area contributed by atoms with E-state index in [1.165, 1.54) is 9.08 Å². The Morgan fingerprint density at radius 2 is 2.31 bits per heavy atom. The fourth-order valence-corrected chi connectivity index (χ4v) is 3.21. The summed E-state index contributed by atoms with van der Waals surface area (Å²) in [6.07, 6.45) is 8.00. The number of fused-ring (bicyclic) bond motifs is 1. The normalized spacial score (nSPS) is 17.4. The number of H-pyrrole nitrogens is 1. The van der Waals surface area contributed by atoms with E-state index in [1.807, 2.05) is 13.8 Å². The van der Waals surface area contributed by atoms with Gasteiger partial charge in [-0.1, -0.05) is 0 Å². The quantitative estimate of drug-likeness (QED) is 0.721. The number of nitrogens with one attached hydrogen (secondary N) is 1. The van der Waals surface area contributed by atoms with Crippen molar-refractivity contribution in [2.45, 2.75) is 45.3 Å². The third-order valence-corrected chi connectivity index (χ3v) is 4.53. The largest absolute Gasteiger partial charge is 0.463 e. The molecule has 1 N–H and O–H groups in total. The second-order valence-corrected chi connectivity index (χ2v) is 6.67. The number of imidazole rings is 2. The molecule has 1 atom stereocenters. The number of nitrogens with zero attached hydrogens (tertiary/aromatic N) is 5. The zero-order valence-corrected chi connectivity index (χ0v) is 14.9. The van der Waals surface area contributed by atoms with Crippen LogP contribution in [0.2, 0.25) is 0 Å². The van der Waals surface area contributed by atoms with Gasteiger partial charge in [-0.05, 0) is 26.7 Å². The van der Waals surface area contributed by atoms with E-state index in [1.54, 1.807) is 18.7 Å². The van der Waals surface area contributed by atoms with Crippen molar-refractivity contribution in [1.29, 1.82) is 0 Å². The Kier molecular flexibility index (Phi) is 4.46. The smallest absolute Gasteiger partial charge is 0.317 e. The third-order valence-electron chi connectivity index (χ3n) is 4.53. The Labute approximate surface area is 150 Å². The molecule has 0 spiro atoms. The average molecular weight is 358 g/mol. The summed E-state index contributed by atoms with van der Waals surface area (Å²) in [5.74, 6) is 0. The van der Waals surface area contributed by atoms with Gasteiger partial charge in [-0.15, -0.1) is 5.10 Å². The van der Waals surface area contributed by atoms with E-state index in [2.05, 4.69) is 20.1 Å². The van der Waals surface area contributed by atoms with Crippen molar-refractivity contribution < 1.29 is 9.47 Å². The van der Waals surface area contributed by atoms with Gasteiger partial charge in [0.1, 0.15) is 5.69 Å². The first kappa shape index (κ1) is 16.8. The zero-order valence-electron chi connectivity index (χ0n) is 14.9. The second-order valence-electron chi connectivity index (χ2n) is 6.67. The molecule has 3 aromatic rings. The van der Waals surface area contributed by atoms with Gasteiger partial charge in [-0.2, -0.15) is 0 Å². The summed E-state index contributed by atoms with van der Waals surface area (Å²) in [6, 6.07) is 0.194. The van der Waals surface area contributed by atoms with Crippen molar-refractivity contribution in [1.82, 2.24) is 29.1 Å². The molecule has 138 valence electrons. The van der Waals surface area contributed by atoms with Crippen molar-refractivity contribution in [3.8, 4) is 17.4 Å². The Morgan fingerprint density at radius 3 is 3.00 bits per heavy atom. The molecular formula is C17H22N6O3. The van der Waals surface area contributed by atoms with Crippen LogP contribution in [0, 0.1) is 0 Å². The first-order chi connectivity index (χ1) is 12.6. The van der Waals surface area contributed by atoms with Gasteiger partial charge in [0.05, 0.1) is 37.1 Å². The van der Waals surface area contributed by atoms with Gasteiger partial charge in [0.2, 0.25) is 5.65 Å². The summed E-state index contributed by atoms with van der Waals surface area (Å²) >= 11 is 0. The lowest BCUT2D eigenvalue weighted by Crippen LogP contribution is -2.28. The maximum atomic E-state index is 12.9. The minimum atomic E-state index is -0.229. The highest BCUT2D eigenvalue weighted by Crippen LogP contribution is 2.20. The highest BCUT2D eigenvalue weighted by molar-refractivity contribution is 5.57. The Balaban J connectivity index is 1.70. The topological polar surface area (TPSA) is 99.3 Å². The zero-order chi connectivity index (χ0) is 18.1. The van der Waals surface area contributed by atoms with E-state index < -0.39 is 0 Å². The number of aromatic nitrogens is 6. The first-order valence-corrected chi connectivity index (χ1v) is 8.88. The van der Waals surface area contributed by atoms with Gasteiger partial charge in [-0.25, -0.2) is 14.5 Å². The van der Waals surface area contributed by atoms with Gasteiger partial charge >= 0.3 is 6.01 Å². The standard InChI is InChI=1S/C17H22N6O3/c1-11(2)22-16(24)15-19-9-14(13-8-18-10-20-13)23(15)21-17(22)26-7-5-12-4-3-6-25-12/h8-12H,3-7H2,1-2H3,(H,18,20). The first-order valence-electron chi connectivity index (χ1n) is 8.88. The summed E-state index contributed by atoms with van der Waals surface area (Å²) in [6.45, 7) is 5.11. The average Bonchev–Trinajstić information content (AvgIpc) is 3.36. The van der Waals surface area contributed by atoms with E-state index in [0.29, 0.717) is 12.3 Å². The number of aromatic amines is 1. The summed E-state index contributed by atoms with van der Waals surface area (Å²) in [7, 11) is 0. The molecule has 26 heavy (non-hydrogen) atoms. The lowest BCUT2D eigenvalue weighted by Gasteiger charge is -2.17. The van der Waals surface area contributed by atoms with E-state index in [-0.39, 0.29) is 29.4 Å². The third kappa shape index (κ3) is 2.98.